The molecule has 1 aromatic rings. The van der Waals surface area contributed by atoms with E-state index in [4.69, 9.17) is 21.1 Å². The lowest BCUT2D eigenvalue weighted by molar-refractivity contribution is -0.128. The fourth-order valence-electron chi connectivity index (χ4n) is 3.07. The molecule has 2 atom stereocenters. The van der Waals surface area contributed by atoms with Gasteiger partial charge >= 0.3 is 12.2 Å². The Morgan fingerprint density at radius 2 is 1.58 bits per heavy atom. The average Bonchev–Trinajstić information content (AvgIpc) is 2.80. The second-order valence-corrected chi connectivity index (χ2v) is 10.6. The Morgan fingerprint density at radius 3 is 2.11 bits per heavy atom. The molecular weight excluding hydrogens is 516 g/mol. The van der Waals surface area contributed by atoms with Crippen molar-refractivity contribution in [3.05, 3.63) is 29.8 Å². The number of ether oxygens (including phenoxy) is 2. The highest BCUT2D eigenvalue weighted by atomic mass is 35.5. The van der Waals surface area contributed by atoms with Gasteiger partial charge in [0.05, 0.1) is 0 Å². The van der Waals surface area contributed by atoms with E-state index in [1.165, 1.54) is 11.8 Å². The Hall–Kier alpha value is -3.34. The van der Waals surface area contributed by atoms with E-state index in [0.717, 1.165) is 0 Å². The molecule has 1 aromatic carbocycles. The van der Waals surface area contributed by atoms with E-state index < -0.39 is 46.9 Å². The van der Waals surface area contributed by atoms with Crippen molar-refractivity contribution in [1.29, 1.82) is 0 Å². The molecule has 1 unspecified atom stereocenters. The van der Waals surface area contributed by atoms with Gasteiger partial charge in [0, 0.05) is 25.7 Å². The molecule has 4 amide bonds. The van der Waals surface area contributed by atoms with Crippen molar-refractivity contribution < 1.29 is 33.4 Å². The van der Waals surface area contributed by atoms with Crippen LogP contribution in [-0.4, -0.2) is 65.4 Å². The second kappa shape index (κ2) is 15.2. The minimum atomic E-state index is -0.885. The molecule has 0 aliphatic carbocycles. The van der Waals surface area contributed by atoms with Crippen molar-refractivity contribution in [2.75, 3.05) is 18.9 Å². The largest absolute Gasteiger partial charge is 0.445 e. The highest BCUT2D eigenvalue weighted by molar-refractivity contribution is 6.63. The Balaban J connectivity index is 2.58. The molecule has 0 saturated heterocycles. The topological polar surface area (TPSA) is 143 Å². The van der Waals surface area contributed by atoms with E-state index >= 15 is 0 Å². The lowest BCUT2D eigenvalue weighted by atomic mass is 10.0. The summed E-state index contributed by atoms with van der Waals surface area (Å²) >= 11 is 5.29. The van der Waals surface area contributed by atoms with Gasteiger partial charge in [0.1, 0.15) is 24.3 Å². The molecule has 0 fully saturated rings. The van der Waals surface area contributed by atoms with Crippen LogP contribution in [0.2, 0.25) is 0 Å². The molecule has 12 heteroatoms. The predicted molar refractivity (Wildman–Crippen MR) is 144 cm³/mol. The Bertz CT molecular complexity index is 977. The van der Waals surface area contributed by atoms with Crippen LogP contribution in [0.15, 0.2) is 24.3 Å². The van der Waals surface area contributed by atoms with E-state index in [1.807, 2.05) is 0 Å². The first-order valence-corrected chi connectivity index (χ1v) is 12.7. The molecule has 0 aromatic heterocycles. The number of carbonyl (C=O) groups is 5. The smallest absolute Gasteiger partial charge is 0.409 e. The van der Waals surface area contributed by atoms with Crippen LogP contribution < -0.4 is 16.0 Å². The number of hydrogen-bond donors (Lipinski definition) is 3. The molecule has 0 aliphatic heterocycles. The Labute approximate surface area is 228 Å². The third-order valence-electron chi connectivity index (χ3n) is 5.14. The molecular formula is C26H39ClN4O7. The van der Waals surface area contributed by atoms with E-state index in [-0.39, 0.29) is 18.9 Å². The van der Waals surface area contributed by atoms with Crippen LogP contribution in [0.1, 0.15) is 59.9 Å². The molecule has 0 aliphatic rings. The zero-order valence-electron chi connectivity index (χ0n) is 23.1. The summed E-state index contributed by atoms with van der Waals surface area (Å²) in [5.41, 5.74) is 0.479. The zero-order chi connectivity index (χ0) is 29.0. The summed E-state index contributed by atoms with van der Waals surface area (Å²) in [4.78, 5) is 61.6. The van der Waals surface area contributed by atoms with Gasteiger partial charge in [-0.2, -0.15) is 0 Å². The first kappa shape index (κ1) is 32.7. The number of rotatable bonds is 12. The fourth-order valence-corrected chi connectivity index (χ4v) is 3.21. The van der Waals surface area contributed by atoms with Crippen LogP contribution in [0.25, 0.3) is 0 Å². The quantitative estimate of drug-likeness (QED) is 0.333. The van der Waals surface area contributed by atoms with Crippen molar-refractivity contribution in [2.24, 2.45) is 5.92 Å². The van der Waals surface area contributed by atoms with Crippen molar-refractivity contribution in [3.63, 3.8) is 0 Å². The highest BCUT2D eigenvalue weighted by Crippen LogP contribution is 2.13. The first-order valence-electron chi connectivity index (χ1n) is 12.3. The number of carbonyl (C=O) groups excluding carboxylic acids is 5. The van der Waals surface area contributed by atoms with Crippen molar-refractivity contribution >= 4 is 46.5 Å². The lowest BCUT2D eigenvalue weighted by Gasteiger charge is -2.26. The molecule has 38 heavy (non-hydrogen) atoms. The molecule has 3 N–H and O–H groups in total. The zero-order valence-corrected chi connectivity index (χ0v) is 23.8. The van der Waals surface area contributed by atoms with E-state index in [9.17, 15) is 24.0 Å². The van der Waals surface area contributed by atoms with Gasteiger partial charge in [-0.3, -0.25) is 14.4 Å². The van der Waals surface area contributed by atoms with Crippen LogP contribution in [-0.2, 0) is 30.5 Å². The molecule has 0 bridgehead atoms. The van der Waals surface area contributed by atoms with Gasteiger partial charge < -0.3 is 30.3 Å². The van der Waals surface area contributed by atoms with Crippen LogP contribution in [0.5, 0.6) is 0 Å². The van der Waals surface area contributed by atoms with Crippen LogP contribution in [0.3, 0.4) is 0 Å². The number of amides is 4. The summed E-state index contributed by atoms with van der Waals surface area (Å²) in [5.74, 6) is -1.20. The molecule has 1 rings (SSSR count). The maximum Gasteiger partial charge on any atom is 0.409 e. The number of hydrogen-bond acceptors (Lipinski definition) is 7. The second-order valence-electron chi connectivity index (χ2n) is 10.2. The molecule has 0 saturated carbocycles. The van der Waals surface area contributed by atoms with Gasteiger partial charge in [0.25, 0.3) is 0 Å². The summed E-state index contributed by atoms with van der Waals surface area (Å²) in [6.45, 7) is 10.6. The van der Waals surface area contributed by atoms with Gasteiger partial charge in [-0.15, -0.1) is 0 Å². The van der Waals surface area contributed by atoms with Crippen molar-refractivity contribution in [1.82, 2.24) is 15.5 Å². The highest BCUT2D eigenvalue weighted by Gasteiger charge is 2.29. The van der Waals surface area contributed by atoms with Crippen molar-refractivity contribution in [2.45, 2.75) is 78.7 Å². The standard InChI is InChI=1S/C26H39ClN4O7/c1-16(2)21(30-24(35)38-26(4,5)6)23(34)28-17(3)22(33)29-19-12-10-18(11-13-19)15-37-25(36)31(7)14-8-9-20(27)32/h10-13,16-17,21H,8-9,14-15H2,1-7H3,(H,28,34)(H,29,33)(H,30,35)/t17-,21?/m0/s1. The van der Waals surface area contributed by atoms with Gasteiger partial charge in [0.15, 0.2) is 0 Å². The molecule has 0 radical (unpaired) electrons. The SMILES string of the molecule is CC(C)C(NC(=O)OC(C)(C)C)C(=O)N[C@@H](C)C(=O)Nc1ccc(COC(=O)N(C)CCCC(=O)Cl)cc1. The van der Waals surface area contributed by atoms with E-state index in [0.29, 0.717) is 24.2 Å². The molecule has 212 valence electrons. The number of benzene rings is 1. The van der Waals surface area contributed by atoms with Gasteiger partial charge in [-0.1, -0.05) is 26.0 Å². The van der Waals surface area contributed by atoms with Crippen LogP contribution in [0, 0.1) is 5.92 Å². The fraction of sp³-hybridized carbons (Fsp3) is 0.577. The summed E-state index contributed by atoms with van der Waals surface area (Å²) in [5, 5.41) is 7.42. The summed E-state index contributed by atoms with van der Waals surface area (Å²) in [6, 6.07) is 4.91. The summed E-state index contributed by atoms with van der Waals surface area (Å²) < 4.78 is 10.5. The van der Waals surface area contributed by atoms with Gasteiger partial charge in [0.2, 0.25) is 17.1 Å². The monoisotopic (exact) mass is 554 g/mol. The van der Waals surface area contributed by atoms with Crippen molar-refractivity contribution in [3.8, 4) is 0 Å². The maximum absolute atomic E-state index is 12.7. The summed E-state index contributed by atoms with van der Waals surface area (Å²) in [6.07, 6.45) is -0.631. The van der Waals surface area contributed by atoms with Crippen LogP contribution in [0.4, 0.5) is 15.3 Å². The maximum atomic E-state index is 12.7. The minimum Gasteiger partial charge on any atom is -0.445 e. The molecule has 11 nitrogen and oxygen atoms in total. The van der Waals surface area contributed by atoms with Gasteiger partial charge in [-0.25, -0.2) is 9.59 Å². The number of alkyl carbamates (subject to hydrolysis) is 1. The normalized spacial score (nSPS) is 12.7. The number of nitrogens with zero attached hydrogens (tertiary/aromatic N) is 1. The third-order valence-corrected chi connectivity index (χ3v) is 5.32. The predicted octanol–water partition coefficient (Wildman–Crippen LogP) is 3.79. The van der Waals surface area contributed by atoms with Gasteiger partial charge in [-0.05, 0) is 69.3 Å². The number of anilines is 1. The molecule has 0 heterocycles. The average molecular weight is 555 g/mol. The molecule has 0 spiro atoms. The Morgan fingerprint density at radius 1 is 0.974 bits per heavy atom. The number of nitrogens with one attached hydrogen (secondary N) is 3. The van der Waals surface area contributed by atoms with Crippen LogP contribution >= 0.6 is 11.6 Å². The summed E-state index contributed by atoms with van der Waals surface area (Å²) in [7, 11) is 1.57. The first-order chi connectivity index (χ1) is 17.6. The lowest BCUT2D eigenvalue weighted by Crippen LogP contribution is -2.54. The van der Waals surface area contributed by atoms with E-state index in [1.54, 1.807) is 65.9 Å². The minimum absolute atomic E-state index is 0.0273. The number of halogens is 1. The van der Waals surface area contributed by atoms with E-state index in [2.05, 4.69) is 16.0 Å². The third kappa shape index (κ3) is 12.8. The Kier molecular flexibility index (Phi) is 13.0.